The Labute approximate surface area is 162 Å². The van der Waals surface area contributed by atoms with E-state index in [4.69, 9.17) is 5.11 Å². The van der Waals surface area contributed by atoms with Crippen LogP contribution in [0.3, 0.4) is 0 Å². The van der Waals surface area contributed by atoms with Crippen LogP contribution in [0, 0.1) is 20.2 Å². The number of hydrogen-bond donors (Lipinski definition) is 1. The van der Waals surface area contributed by atoms with E-state index in [2.05, 4.69) is 47.8 Å². The summed E-state index contributed by atoms with van der Waals surface area (Å²) >= 11 is 9.53. The zero-order valence-corrected chi connectivity index (χ0v) is 16.7. The Hall–Kier alpha value is -1.36. The fourth-order valence-electron chi connectivity index (χ4n) is 1.65. The number of aliphatic hydroxyl groups excluding tert-OH is 1. The minimum atomic E-state index is -0.496. The quantitative estimate of drug-likeness (QED) is 0.339. The number of halogens is 3. The average molecular weight is 527 g/mol. The van der Waals surface area contributed by atoms with Gasteiger partial charge >= 0.3 is 0 Å². The molecule has 24 heavy (non-hydrogen) atoms. The normalized spacial score (nSPS) is 9.83. The molecule has 0 aliphatic heterocycles. The zero-order chi connectivity index (χ0) is 18.3. The summed E-state index contributed by atoms with van der Waals surface area (Å²) in [6.07, 6.45) is 0. The van der Waals surface area contributed by atoms with Gasteiger partial charge in [-0.1, -0.05) is 47.8 Å². The molecule has 128 valence electrons. The number of nitrogens with zero attached hydrogens (tertiary/aromatic N) is 2. The smallest absolute Gasteiger partial charge is 0.270 e. The predicted octanol–water partition coefficient (Wildman–Crippen LogP) is 5.10. The fraction of sp³-hybridized carbons (Fsp3) is 0.143. The molecule has 0 aliphatic carbocycles. The number of non-ortho nitro benzene ring substituents is 2. The molecule has 0 radical (unpaired) electrons. The van der Waals surface area contributed by atoms with Crippen molar-refractivity contribution in [3.05, 3.63) is 76.7 Å². The van der Waals surface area contributed by atoms with E-state index in [-0.39, 0.29) is 18.0 Å². The van der Waals surface area contributed by atoms with Crippen molar-refractivity contribution in [1.29, 1.82) is 0 Å². The largest absolute Gasteiger partial charge is 0.392 e. The lowest BCUT2D eigenvalue weighted by Gasteiger charge is -1.97. The zero-order valence-electron chi connectivity index (χ0n) is 12.0. The van der Waals surface area contributed by atoms with E-state index >= 15 is 0 Å². The number of aliphatic hydroxyl groups is 1. The first-order chi connectivity index (χ1) is 11.3. The van der Waals surface area contributed by atoms with E-state index in [0.29, 0.717) is 15.4 Å². The highest BCUT2D eigenvalue weighted by Crippen LogP contribution is 2.22. The molecule has 2 rings (SSSR count). The van der Waals surface area contributed by atoms with Gasteiger partial charge in [-0.3, -0.25) is 20.2 Å². The third-order valence-corrected chi connectivity index (χ3v) is 4.21. The maximum Gasteiger partial charge on any atom is 0.270 e. The third-order valence-electron chi connectivity index (χ3n) is 2.64. The molecule has 7 nitrogen and oxygen atoms in total. The Balaban J connectivity index is 0.000000240. The van der Waals surface area contributed by atoms with Crippen molar-refractivity contribution in [1.82, 2.24) is 0 Å². The summed E-state index contributed by atoms with van der Waals surface area (Å²) in [6, 6.07) is 9.21. The van der Waals surface area contributed by atoms with E-state index in [9.17, 15) is 20.2 Å². The molecule has 1 N–H and O–H groups in total. The van der Waals surface area contributed by atoms with Crippen molar-refractivity contribution in [2.75, 3.05) is 0 Å². The van der Waals surface area contributed by atoms with E-state index in [1.54, 1.807) is 12.1 Å². The lowest BCUT2D eigenvalue weighted by molar-refractivity contribution is -0.385. The highest BCUT2D eigenvalue weighted by molar-refractivity contribution is 9.10. The van der Waals surface area contributed by atoms with Crippen molar-refractivity contribution in [3.63, 3.8) is 0 Å². The van der Waals surface area contributed by atoms with E-state index in [0.717, 1.165) is 10.0 Å². The molecule has 0 aliphatic rings. The number of benzene rings is 2. The highest BCUT2D eigenvalue weighted by Gasteiger charge is 2.08. The Morgan fingerprint density at radius 2 is 1.25 bits per heavy atom. The van der Waals surface area contributed by atoms with Crippen LogP contribution in [-0.4, -0.2) is 15.0 Å². The van der Waals surface area contributed by atoms with Crippen LogP contribution in [0.25, 0.3) is 0 Å². The number of nitro groups is 2. The number of hydrogen-bond acceptors (Lipinski definition) is 5. The number of alkyl halides is 1. The van der Waals surface area contributed by atoms with Crippen LogP contribution >= 0.6 is 47.8 Å². The number of rotatable bonds is 4. The van der Waals surface area contributed by atoms with Gasteiger partial charge in [-0.05, 0) is 23.3 Å². The van der Waals surface area contributed by atoms with E-state index in [1.165, 1.54) is 18.2 Å². The van der Waals surface area contributed by atoms with Crippen LogP contribution in [0.5, 0.6) is 0 Å². The second-order valence-electron chi connectivity index (χ2n) is 4.44. The number of nitro benzene ring substituents is 2. The maximum absolute atomic E-state index is 10.4. The van der Waals surface area contributed by atoms with Gasteiger partial charge < -0.3 is 5.11 Å². The molecule has 0 fully saturated rings. The molecule has 0 saturated heterocycles. The van der Waals surface area contributed by atoms with Gasteiger partial charge in [-0.15, -0.1) is 0 Å². The Kier molecular flexibility index (Phi) is 8.46. The van der Waals surface area contributed by atoms with Gasteiger partial charge in [0, 0.05) is 38.5 Å². The van der Waals surface area contributed by atoms with Gasteiger partial charge in [-0.2, -0.15) is 0 Å². The molecule has 0 bridgehead atoms. The third kappa shape index (κ3) is 6.63. The molecule has 2 aromatic rings. The van der Waals surface area contributed by atoms with Gasteiger partial charge in [0.25, 0.3) is 11.4 Å². The summed E-state index contributed by atoms with van der Waals surface area (Å²) in [5.41, 5.74) is 1.50. The van der Waals surface area contributed by atoms with Crippen LogP contribution in [0.1, 0.15) is 11.1 Å². The van der Waals surface area contributed by atoms with Crippen molar-refractivity contribution in [3.8, 4) is 0 Å². The summed E-state index contributed by atoms with van der Waals surface area (Å²) in [5.74, 6) is 0. The summed E-state index contributed by atoms with van der Waals surface area (Å²) in [6.45, 7) is -0.194. The molecular formula is C14H11Br3N2O5. The van der Waals surface area contributed by atoms with Gasteiger partial charge in [-0.25, -0.2) is 0 Å². The molecule has 10 heteroatoms. The highest BCUT2D eigenvalue weighted by atomic mass is 79.9. The molecule has 0 unspecified atom stereocenters. The van der Waals surface area contributed by atoms with Crippen molar-refractivity contribution in [2.24, 2.45) is 0 Å². The predicted molar refractivity (Wildman–Crippen MR) is 100 cm³/mol. The standard InChI is InChI=1S/C7H5Br2NO2.C7H6BrNO3/c8-4-5-1-6(9)3-7(2-5)10(11)12;8-6-1-5(4-10)2-7(3-6)9(11)12/h1-3H,4H2;1-3,10H,4H2. The Bertz CT molecular complexity index is 692. The molecule has 0 aromatic heterocycles. The topological polar surface area (TPSA) is 107 Å². The fourth-order valence-corrected chi connectivity index (χ4v) is 3.03. The SMILES string of the molecule is O=[N+]([O-])c1cc(Br)cc(CBr)c1.O=[N+]([O-])c1cc(Br)cc(CO)c1. The Morgan fingerprint density at radius 1 is 0.833 bits per heavy atom. The summed E-state index contributed by atoms with van der Waals surface area (Å²) in [7, 11) is 0. The van der Waals surface area contributed by atoms with Gasteiger partial charge in [0.05, 0.1) is 16.5 Å². The summed E-state index contributed by atoms with van der Waals surface area (Å²) in [4.78, 5) is 19.8. The minimum absolute atomic E-state index is 0.0200. The second kappa shape index (κ2) is 9.82. The molecule has 0 atom stereocenters. The van der Waals surface area contributed by atoms with Crippen LogP contribution < -0.4 is 0 Å². The van der Waals surface area contributed by atoms with Crippen molar-refractivity contribution in [2.45, 2.75) is 11.9 Å². The first kappa shape index (κ1) is 20.7. The molecule has 0 spiro atoms. The van der Waals surface area contributed by atoms with Crippen LogP contribution in [-0.2, 0) is 11.9 Å². The monoisotopic (exact) mass is 524 g/mol. The Morgan fingerprint density at radius 3 is 1.62 bits per heavy atom. The summed E-state index contributed by atoms with van der Waals surface area (Å²) < 4.78 is 1.33. The maximum atomic E-state index is 10.4. The molecular weight excluding hydrogens is 516 g/mol. The molecule has 2 aromatic carbocycles. The van der Waals surface area contributed by atoms with Crippen molar-refractivity contribution >= 4 is 59.2 Å². The van der Waals surface area contributed by atoms with Crippen molar-refractivity contribution < 1.29 is 15.0 Å². The van der Waals surface area contributed by atoms with Gasteiger partial charge in [0.1, 0.15) is 0 Å². The van der Waals surface area contributed by atoms with Crippen LogP contribution in [0.2, 0.25) is 0 Å². The van der Waals surface area contributed by atoms with Crippen LogP contribution in [0.15, 0.2) is 45.3 Å². The van der Waals surface area contributed by atoms with Gasteiger partial charge in [0.15, 0.2) is 0 Å². The lowest BCUT2D eigenvalue weighted by atomic mass is 10.2. The lowest BCUT2D eigenvalue weighted by Crippen LogP contribution is -1.90. The summed E-state index contributed by atoms with van der Waals surface area (Å²) in [5, 5.41) is 30.1. The second-order valence-corrected chi connectivity index (χ2v) is 6.83. The van der Waals surface area contributed by atoms with Crippen LogP contribution in [0.4, 0.5) is 11.4 Å². The first-order valence-electron chi connectivity index (χ1n) is 6.31. The molecule has 0 heterocycles. The first-order valence-corrected chi connectivity index (χ1v) is 9.02. The minimum Gasteiger partial charge on any atom is -0.392 e. The molecule has 0 amide bonds. The van der Waals surface area contributed by atoms with E-state index < -0.39 is 9.85 Å². The van der Waals surface area contributed by atoms with E-state index in [1.807, 2.05) is 6.07 Å². The average Bonchev–Trinajstić information content (AvgIpc) is 2.54. The molecule has 0 saturated carbocycles. The van der Waals surface area contributed by atoms with Gasteiger partial charge in [0.2, 0.25) is 0 Å².